The van der Waals surface area contributed by atoms with Gasteiger partial charge in [0, 0.05) is 5.56 Å². The van der Waals surface area contributed by atoms with E-state index in [1.165, 1.54) is 19.2 Å². The second-order valence-corrected chi connectivity index (χ2v) is 2.49. The number of ether oxygens (including phenoxy) is 1. The predicted octanol–water partition coefficient (Wildman–Crippen LogP) is 1.25. The Hall–Kier alpha value is -2.33. The standard InChI is InChI=1S/C10H6N2O2/c1-14-10-3-7(6-13)2-8(4-11)9(10)5-12/h2-3,6H,1H3. The highest BCUT2D eigenvalue weighted by atomic mass is 16.5. The third kappa shape index (κ3) is 1.55. The molecular formula is C10H6N2O2. The van der Waals surface area contributed by atoms with Gasteiger partial charge in [0.15, 0.2) is 0 Å². The molecule has 0 N–H and O–H groups in total. The van der Waals surface area contributed by atoms with Crippen molar-refractivity contribution in [1.29, 1.82) is 10.5 Å². The van der Waals surface area contributed by atoms with E-state index in [-0.39, 0.29) is 16.9 Å². The summed E-state index contributed by atoms with van der Waals surface area (Å²) in [5, 5.41) is 17.5. The van der Waals surface area contributed by atoms with Crippen LogP contribution in [0.3, 0.4) is 0 Å². The van der Waals surface area contributed by atoms with Gasteiger partial charge in [0.25, 0.3) is 0 Å². The molecule has 0 spiro atoms. The number of carbonyl (C=O) groups excluding carboxylic acids is 1. The van der Waals surface area contributed by atoms with Crippen LogP contribution in [0.2, 0.25) is 0 Å². The highest BCUT2D eigenvalue weighted by Crippen LogP contribution is 2.22. The number of hydrogen-bond acceptors (Lipinski definition) is 4. The second kappa shape index (κ2) is 4.06. The molecule has 0 amide bonds. The van der Waals surface area contributed by atoms with Crippen LogP contribution in [0.4, 0.5) is 0 Å². The largest absolute Gasteiger partial charge is 0.495 e. The van der Waals surface area contributed by atoms with E-state index in [0.717, 1.165) is 0 Å². The molecule has 0 aliphatic rings. The number of nitriles is 2. The normalized spacial score (nSPS) is 8.50. The molecule has 0 radical (unpaired) electrons. The summed E-state index contributed by atoms with van der Waals surface area (Å²) in [6, 6.07) is 6.47. The third-order valence-electron chi connectivity index (χ3n) is 1.71. The summed E-state index contributed by atoms with van der Waals surface area (Å²) >= 11 is 0. The molecule has 1 aromatic carbocycles. The monoisotopic (exact) mass is 186 g/mol. The molecule has 0 heterocycles. The van der Waals surface area contributed by atoms with E-state index in [9.17, 15) is 4.79 Å². The van der Waals surface area contributed by atoms with Gasteiger partial charge in [-0.3, -0.25) is 4.79 Å². The van der Waals surface area contributed by atoms with Crippen LogP contribution in [-0.2, 0) is 0 Å². The average molecular weight is 186 g/mol. The van der Waals surface area contributed by atoms with Crippen LogP contribution in [0.1, 0.15) is 21.5 Å². The Balaban J connectivity index is 3.51. The first-order chi connectivity index (χ1) is 6.76. The lowest BCUT2D eigenvalue weighted by atomic mass is 10.1. The van der Waals surface area contributed by atoms with Crippen molar-refractivity contribution in [2.75, 3.05) is 7.11 Å². The molecule has 0 aliphatic heterocycles. The lowest BCUT2D eigenvalue weighted by Crippen LogP contribution is -1.94. The fraction of sp³-hybridized carbons (Fsp3) is 0.100. The Kier molecular flexibility index (Phi) is 2.83. The number of benzene rings is 1. The van der Waals surface area contributed by atoms with Gasteiger partial charge in [-0.15, -0.1) is 0 Å². The fourth-order valence-electron chi connectivity index (χ4n) is 1.07. The lowest BCUT2D eigenvalue weighted by Gasteiger charge is -2.04. The van der Waals surface area contributed by atoms with E-state index in [4.69, 9.17) is 15.3 Å². The van der Waals surface area contributed by atoms with Crippen LogP contribution < -0.4 is 4.74 Å². The molecule has 0 aliphatic carbocycles. The summed E-state index contributed by atoms with van der Waals surface area (Å²) in [7, 11) is 1.38. The third-order valence-corrected chi connectivity index (χ3v) is 1.71. The average Bonchev–Trinajstić information content (AvgIpc) is 2.26. The summed E-state index contributed by atoms with van der Waals surface area (Å²) < 4.78 is 4.89. The molecule has 0 aromatic heterocycles. The van der Waals surface area contributed by atoms with Crippen LogP contribution in [-0.4, -0.2) is 13.4 Å². The Labute approximate surface area is 81.0 Å². The molecule has 0 saturated heterocycles. The number of carbonyl (C=O) groups is 1. The molecule has 0 atom stereocenters. The lowest BCUT2D eigenvalue weighted by molar-refractivity contribution is 0.112. The van der Waals surface area contributed by atoms with Gasteiger partial charge >= 0.3 is 0 Å². The van der Waals surface area contributed by atoms with E-state index >= 15 is 0 Å². The Morgan fingerprint density at radius 3 is 2.50 bits per heavy atom. The Morgan fingerprint density at radius 1 is 1.36 bits per heavy atom. The van der Waals surface area contributed by atoms with Crippen molar-refractivity contribution in [3.63, 3.8) is 0 Å². The van der Waals surface area contributed by atoms with Crippen LogP contribution in [0, 0.1) is 22.7 Å². The van der Waals surface area contributed by atoms with Crippen molar-refractivity contribution in [3.05, 3.63) is 28.8 Å². The van der Waals surface area contributed by atoms with Crippen molar-refractivity contribution in [3.8, 4) is 17.9 Å². The van der Waals surface area contributed by atoms with E-state index in [0.29, 0.717) is 11.8 Å². The summed E-state index contributed by atoms with van der Waals surface area (Å²) in [5.74, 6) is 0.244. The van der Waals surface area contributed by atoms with Crippen molar-refractivity contribution in [2.24, 2.45) is 0 Å². The molecular weight excluding hydrogens is 180 g/mol. The molecule has 0 bridgehead atoms. The molecule has 14 heavy (non-hydrogen) atoms. The quantitative estimate of drug-likeness (QED) is 0.651. The van der Waals surface area contributed by atoms with E-state index in [2.05, 4.69) is 0 Å². The number of nitrogens with zero attached hydrogens (tertiary/aromatic N) is 2. The smallest absolute Gasteiger partial charge is 0.150 e. The minimum atomic E-state index is 0.147. The topological polar surface area (TPSA) is 73.9 Å². The van der Waals surface area contributed by atoms with Gasteiger partial charge in [-0.2, -0.15) is 10.5 Å². The summed E-state index contributed by atoms with van der Waals surface area (Å²) in [5.41, 5.74) is 0.618. The molecule has 4 nitrogen and oxygen atoms in total. The Bertz CT molecular complexity index is 452. The number of hydrogen-bond donors (Lipinski definition) is 0. The van der Waals surface area contributed by atoms with Crippen LogP contribution in [0.25, 0.3) is 0 Å². The van der Waals surface area contributed by atoms with Gasteiger partial charge < -0.3 is 4.74 Å². The molecule has 0 saturated carbocycles. The van der Waals surface area contributed by atoms with Crippen molar-refractivity contribution in [2.45, 2.75) is 0 Å². The van der Waals surface area contributed by atoms with Crippen LogP contribution in [0.5, 0.6) is 5.75 Å². The molecule has 1 aromatic rings. The van der Waals surface area contributed by atoms with Gasteiger partial charge in [-0.1, -0.05) is 0 Å². The molecule has 68 valence electrons. The van der Waals surface area contributed by atoms with Crippen LogP contribution in [0.15, 0.2) is 12.1 Å². The maximum absolute atomic E-state index is 10.5. The molecule has 0 fully saturated rings. The maximum Gasteiger partial charge on any atom is 0.150 e. The van der Waals surface area contributed by atoms with E-state index in [1.54, 1.807) is 0 Å². The minimum Gasteiger partial charge on any atom is -0.495 e. The highest BCUT2D eigenvalue weighted by Gasteiger charge is 2.10. The van der Waals surface area contributed by atoms with Crippen LogP contribution >= 0.6 is 0 Å². The number of aldehydes is 1. The van der Waals surface area contributed by atoms with Gasteiger partial charge in [-0.25, -0.2) is 0 Å². The Morgan fingerprint density at radius 2 is 2.07 bits per heavy atom. The SMILES string of the molecule is COc1cc(C=O)cc(C#N)c1C#N. The van der Waals surface area contributed by atoms with E-state index < -0.39 is 0 Å². The zero-order valence-electron chi connectivity index (χ0n) is 7.44. The molecule has 4 heteroatoms. The zero-order chi connectivity index (χ0) is 10.6. The maximum atomic E-state index is 10.5. The second-order valence-electron chi connectivity index (χ2n) is 2.49. The summed E-state index contributed by atoms with van der Waals surface area (Å²) in [6.07, 6.45) is 0.602. The first kappa shape index (κ1) is 9.76. The van der Waals surface area contributed by atoms with Crippen molar-refractivity contribution < 1.29 is 9.53 Å². The van der Waals surface area contributed by atoms with Crippen molar-refractivity contribution in [1.82, 2.24) is 0 Å². The summed E-state index contributed by atoms with van der Waals surface area (Å²) in [4.78, 5) is 10.5. The molecule has 1 rings (SSSR count). The van der Waals surface area contributed by atoms with Gasteiger partial charge in [0.05, 0.1) is 12.7 Å². The summed E-state index contributed by atoms with van der Waals surface area (Å²) in [6.45, 7) is 0. The highest BCUT2D eigenvalue weighted by molar-refractivity contribution is 5.78. The minimum absolute atomic E-state index is 0.147. The first-order valence-corrected chi connectivity index (χ1v) is 3.74. The first-order valence-electron chi connectivity index (χ1n) is 3.74. The fourth-order valence-corrected chi connectivity index (χ4v) is 1.07. The van der Waals surface area contributed by atoms with Gasteiger partial charge in [0.2, 0.25) is 0 Å². The van der Waals surface area contributed by atoms with E-state index in [1.807, 2.05) is 12.1 Å². The van der Waals surface area contributed by atoms with Gasteiger partial charge in [-0.05, 0) is 12.1 Å². The zero-order valence-corrected chi connectivity index (χ0v) is 7.44. The predicted molar refractivity (Wildman–Crippen MR) is 47.8 cm³/mol. The number of methoxy groups -OCH3 is 1. The van der Waals surface area contributed by atoms with Gasteiger partial charge in [0.1, 0.15) is 29.7 Å². The van der Waals surface area contributed by atoms with Crippen molar-refractivity contribution >= 4 is 6.29 Å². The molecule has 0 unspecified atom stereocenters. The number of rotatable bonds is 2.